The molecule has 0 saturated heterocycles. The largest absolute Gasteiger partial charge is 0.615 e. The van der Waals surface area contributed by atoms with Gasteiger partial charge < -0.3 is 19.8 Å². The lowest BCUT2D eigenvalue weighted by atomic mass is 9.90. The second-order valence-corrected chi connectivity index (χ2v) is 6.50. The summed E-state index contributed by atoms with van der Waals surface area (Å²) < 4.78 is 50.0. The fourth-order valence-electron chi connectivity index (χ4n) is 2.64. The fraction of sp³-hybridized carbons (Fsp3) is 0.250. The predicted molar refractivity (Wildman–Crippen MR) is 87.2 cm³/mol. The minimum Gasteiger partial charge on any atom is -0.615 e. The maximum absolute atomic E-state index is 13.2. The number of pyridine rings is 1. The number of fused-ring (bicyclic) bond motifs is 1. The number of aromatic nitrogens is 1. The highest BCUT2D eigenvalue weighted by atomic mass is 35.5. The Bertz CT molecular complexity index is 906. The van der Waals surface area contributed by atoms with E-state index in [0.717, 1.165) is 6.07 Å². The standard InChI is InChI=1S/C16H10Cl2F3NO5/c17-9-5-7-4-8(15(23)24)14(16(19,20)21)27-10(7)6-11(9)26-13-3-1-2-12(18)22(13)25/h1-3,5-6,8,14H,4H2,(H,23,24). The molecule has 1 aromatic heterocycles. The van der Waals surface area contributed by atoms with Crippen molar-refractivity contribution in [3.05, 3.63) is 51.3 Å². The van der Waals surface area contributed by atoms with Crippen LogP contribution in [0.3, 0.4) is 0 Å². The first-order valence-corrected chi connectivity index (χ1v) is 8.18. The summed E-state index contributed by atoms with van der Waals surface area (Å²) in [7, 11) is 0. The number of carboxylic acids is 1. The van der Waals surface area contributed by atoms with Crippen molar-refractivity contribution in [3.8, 4) is 17.4 Å². The third kappa shape index (κ3) is 3.84. The average Bonchev–Trinajstić information content (AvgIpc) is 2.57. The van der Waals surface area contributed by atoms with Gasteiger partial charge in [0, 0.05) is 12.1 Å². The van der Waals surface area contributed by atoms with E-state index in [2.05, 4.69) is 0 Å². The molecule has 1 aliphatic rings. The average molecular weight is 424 g/mol. The van der Waals surface area contributed by atoms with Crippen molar-refractivity contribution in [1.29, 1.82) is 0 Å². The third-order valence-electron chi connectivity index (χ3n) is 3.90. The Labute approximate surface area is 160 Å². The highest BCUT2D eigenvalue weighted by Gasteiger charge is 2.52. The van der Waals surface area contributed by atoms with Crippen LogP contribution in [0.25, 0.3) is 0 Å². The van der Waals surface area contributed by atoms with Gasteiger partial charge in [0.15, 0.2) is 5.75 Å². The molecule has 1 aliphatic heterocycles. The lowest BCUT2D eigenvalue weighted by Gasteiger charge is -2.32. The molecule has 2 heterocycles. The van der Waals surface area contributed by atoms with E-state index in [9.17, 15) is 23.2 Å². The Hall–Kier alpha value is -2.39. The predicted octanol–water partition coefficient (Wildman–Crippen LogP) is 3.99. The second-order valence-electron chi connectivity index (χ2n) is 5.70. The second kappa shape index (κ2) is 6.97. The van der Waals surface area contributed by atoms with Crippen molar-refractivity contribution in [1.82, 2.24) is 0 Å². The van der Waals surface area contributed by atoms with Crippen molar-refractivity contribution in [2.24, 2.45) is 5.92 Å². The number of benzene rings is 1. The number of nitrogens with zero attached hydrogens (tertiary/aromatic N) is 1. The topological polar surface area (TPSA) is 82.7 Å². The summed E-state index contributed by atoms with van der Waals surface area (Å²) in [4.78, 5) is 11.2. The highest BCUT2D eigenvalue weighted by molar-refractivity contribution is 6.32. The zero-order valence-corrected chi connectivity index (χ0v) is 14.7. The molecule has 2 atom stereocenters. The summed E-state index contributed by atoms with van der Waals surface area (Å²) in [6.07, 6.45) is -7.83. The molecule has 0 radical (unpaired) electrons. The van der Waals surface area contributed by atoms with Crippen LogP contribution in [0.1, 0.15) is 5.56 Å². The number of aliphatic carboxylic acids is 1. The lowest BCUT2D eigenvalue weighted by molar-refractivity contribution is -0.608. The summed E-state index contributed by atoms with van der Waals surface area (Å²) in [5.41, 5.74) is 0.182. The summed E-state index contributed by atoms with van der Waals surface area (Å²) in [6, 6.07) is 6.36. The number of hydrogen-bond donors (Lipinski definition) is 1. The number of halogens is 5. The van der Waals surface area contributed by atoms with Crippen LogP contribution in [0.2, 0.25) is 10.2 Å². The van der Waals surface area contributed by atoms with Crippen LogP contribution in [0.15, 0.2) is 30.3 Å². The fourth-order valence-corrected chi connectivity index (χ4v) is 3.02. The molecule has 144 valence electrons. The summed E-state index contributed by atoms with van der Waals surface area (Å²) in [5.74, 6) is -4.07. The van der Waals surface area contributed by atoms with E-state index in [0.29, 0.717) is 0 Å². The Balaban J connectivity index is 1.98. The molecule has 0 bridgehead atoms. The summed E-state index contributed by atoms with van der Waals surface area (Å²) in [6.45, 7) is 0. The number of rotatable bonds is 3. The smallest absolute Gasteiger partial charge is 0.426 e. The van der Waals surface area contributed by atoms with Crippen LogP contribution in [0.4, 0.5) is 13.2 Å². The molecule has 0 amide bonds. The van der Waals surface area contributed by atoms with E-state index in [1.54, 1.807) is 0 Å². The zero-order valence-electron chi connectivity index (χ0n) is 13.2. The maximum Gasteiger partial charge on any atom is 0.426 e. The molecule has 0 saturated carbocycles. The van der Waals surface area contributed by atoms with Crippen LogP contribution < -0.4 is 14.2 Å². The number of carbonyl (C=O) groups is 1. The van der Waals surface area contributed by atoms with Gasteiger partial charge in [0.2, 0.25) is 6.10 Å². The van der Waals surface area contributed by atoms with Gasteiger partial charge >= 0.3 is 18.0 Å². The van der Waals surface area contributed by atoms with Crippen LogP contribution in [-0.2, 0) is 11.2 Å². The number of alkyl halides is 3. The molecule has 2 aromatic rings. The first-order chi connectivity index (χ1) is 12.6. The molecule has 3 rings (SSSR count). The normalized spacial score (nSPS) is 19.1. The molecule has 1 N–H and O–H groups in total. The SMILES string of the molecule is O=C(O)C1Cc2cc(Cl)c(Oc3cccc(Cl)[n+]3[O-])cc2OC1C(F)(F)F. The molecular weight excluding hydrogens is 414 g/mol. The van der Waals surface area contributed by atoms with E-state index >= 15 is 0 Å². The maximum atomic E-state index is 13.2. The molecule has 0 aliphatic carbocycles. The number of carboxylic acid groups (broad SMARTS) is 1. The number of ether oxygens (including phenoxy) is 2. The molecular formula is C16H10Cl2F3NO5. The van der Waals surface area contributed by atoms with Gasteiger partial charge in [0.05, 0.1) is 11.1 Å². The van der Waals surface area contributed by atoms with E-state index in [1.165, 1.54) is 24.3 Å². The molecule has 1 aromatic carbocycles. The van der Waals surface area contributed by atoms with Crippen molar-refractivity contribution < 1.29 is 37.3 Å². The van der Waals surface area contributed by atoms with Crippen molar-refractivity contribution >= 4 is 29.2 Å². The van der Waals surface area contributed by atoms with E-state index in [-0.39, 0.29) is 37.8 Å². The lowest BCUT2D eigenvalue weighted by Crippen LogP contribution is -2.47. The minimum atomic E-state index is -4.88. The first kappa shape index (κ1) is 19.4. The Morgan fingerprint density at radius 2 is 2.04 bits per heavy atom. The molecule has 0 spiro atoms. The zero-order chi connectivity index (χ0) is 19.9. The van der Waals surface area contributed by atoms with Crippen molar-refractivity contribution in [3.63, 3.8) is 0 Å². The van der Waals surface area contributed by atoms with Gasteiger partial charge in [-0.2, -0.15) is 13.2 Å². The van der Waals surface area contributed by atoms with Crippen LogP contribution in [0, 0.1) is 11.1 Å². The monoisotopic (exact) mass is 423 g/mol. The third-order valence-corrected chi connectivity index (χ3v) is 4.47. The molecule has 2 unspecified atom stereocenters. The van der Waals surface area contributed by atoms with Gasteiger partial charge in [0.25, 0.3) is 5.15 Å². The van der Waals surface area contributed by atoms with Gasteiger partial charge in [-0.3, -0.25) is 4.79 Å². The van der Waals surface area contributed by atoms with Gasteiger partial charge in [-0.1, -0.05) is 11.6 Å². The highest BCUT2D eigenvalue weighted by Crippen LogP contribution is 2.43. The van der Waals surface area contributed by atoms with E-state index < -0.39 is 30.6 Å². The van der Waals surface area contributed by atoms with Crippen LogP contribution in [-0.4, -0.2) is 23.4 Å². The molecule has 0 fully saturated rings. The Morgan fingerprint density at radius 1 is 1.33 bits per heavy atom. The number of hydrogen-bond acceptors (Lipinski definition) is 4. The van der Waals surface area contributed by atoms with Crippen LogP contribution in [0.5, 0.6) is 17.4 Å². The Morgan fingerprint density at radius 3 is 2.67 bits per heavy atom. The van der Waals surface area contributed by atoms with Crippen molar-refractivity contribution in [2.45, 2.75) is 18.7 Å². The van der Waals surface area contributed by atoms with Gasteiger partial charge in [-0.05, 0) is 35.7 Å². The van der Waals surface area contributed by atoms with Crippen molar-refractivity contribution in [2.75, 3.05) is 0 Å². The first-order valence-electron chi connectivity index (χ1n) is 7.42. The van der Waals surface area contributed by atoms with Gasteiger partial charge in [-0.25, -0.2) is 0 Å². The van der Waals surface area contributed by atoms with Crippen LogP contribution >= 0.6 is 23.2 Å². The van der Waals surface area contributed by atoms with Gasteiger partial charge in [0.1, 0.15) is 11.7 Å². The summed E-state index contributed by atoms with van der Waals surface area (Å²) >= 11 is 11.7. The summed E-state index contributed by atoms with van der Waals surface area (Å²) in [5, 5.41) is 20.7. The molecule has 6 nitrogen and oxygen atoms in total. The quantitative estimate of drug-likeness (QED) is 0.458. The Kier molecular flexibility index (Phi) is 5.00. The van der Waals surface area contributed by atoms with Gasteiger partial charge in [-0.15, -0.1) is 4.73 Å². The molecule has 27 heavy (non-hydrogen) atoms. The molecule has 11 heteroatoms. The minimum absolute atomic E-state index is 0.0353. The van der Waals surface area contributed by atoms with E-state index in [1.807, 2.05) is 0 Å². The van der Waals surface area contributed by atoms with E-state index in [4.69, 9.17) is 37.8 Å².